The minimum absolute atomic E-state index is 0.0203. The fourth-order valence-corrected chi connectivity index (χ4v) is 2.86. The smallest absolute Gasteiger partial charge is 0.337 e. The zero-order chi connectivity index (χ0) is 17.8. The fraction of sp³-hybridized carbons (Fsp3) is 0.263. The first-order chi connectivity index (χ1) is 12.1. The van der Waals surface area contributed by atoms with Crippen molar-refractivity contribution in [2.75, 3.05) is 25.6 Å². The van der Waals surface area contributed by atoms with Crippen molar-refractivity contribution in [2.24, 2.45) is 0 Å². The van der Waals surface area contributed by atoms with Gasteiger partial charge in [0.25, 0.3) is 5.91 Å². The normalized spacial score (nSPS) is 16.4. The van der Waals surface area contributed by atoms with Gasteiger partial charge in [-0.05, 0) is 42.3 Å². The second-order valence-corrected chi connectivity index (χ2v) is 5.86. The van der Waals surface area contributed by atoms with Crippen molar-refractivity contribution in [2.45, 2.75) is 12.3 Å². The van der Waals surface area contributed by atoms with E-state index in [1.165, 1.54) is 19.2 Å². The summed E-state index contributed by atoms with van der Waals surface area (Å²) in [6, 6.07) is 11.9. The topological polar surface area (TPSA) is 84.9 Å². The lowest BCUT2D eigenvalue weighted by atomic mass is 9.96. The molecule has 2 aromatic rings. The molecule has 0 aliphatic carbocycles. The Morgan fingerprint density at radius 3 is 2.76 bits per heavy atom. The lowest BCUT2D eigenvalue weighted by Gasteiger charge is -2.12. The van der Waals surface area contributed by atoms with E-state index in [1.54, 1.807) is 12.1 Å². The van der Waals surface area contributed by atoms with Gasteiger partial charge in [0.2, 0.25) is 0 Å². The second-order valence-electron chi connectivity index (χ2n) is 5.86. The van der Waals surface area contributed by atoms with Crippen molar-refractivity contribution >= 4 is 17.6 Å². The van der Waals surface area contributed by atoms with Crippen LogP contribution in [0.25, 0.3) is 0 Å². The summed E-state index contributed by atoms with van der Waals surface area (Å²) in [4.78, 5) is 24.0. The molecule has 1 unspecified atom stereocenters. The van der Waals surface area contributed by atoms with Crippen LogP contribution in [-0.4, -0.2) is 37.3 Å². The van der Waals surface area contributed by atoms with Gasteiger partial charge in [-0.25, -0.2) is 4.79 Å². The molecule has 1 aliphatic heterocycles. The van der Waals surface area contributed by atoms with Gasteiger partial charge < -0.3 is 19.9 Å². The Bertz CT molecular complexity index is 796. The Morgan fingerprint density at radius 2 is 2.08 bits per heavy atom. The molecular formula is C19H19NO5. The van der Waals surface area contributed by atoms with Gasteiger partial charge in [0.1, 0.15) is 5.75 Å². The van der Waals surface area contributed by atoms with Crippen molar-refractivity contribution in [3.05, 3.63) is 59.2 Å². The van der Waals surface area contributed by atoms with Crippen LogP contribution < -0.4 is 10.1 Å². The number of methoxy groups -OCH3 is 1. The van der Waals surface area contributed by atoms with Crippen molar-refractivity contribution in [1.82, 2.24) is 0 Å². The third-order valence-electron chi connectivity index (χ3n) is 4.26. The number of hydrogen-bond donors (Lipinski definition) is 2. The molecule has 1 saturated heterocycles. The first kappa shape index (κ1) is 17.0. The van der Waals surface area contributed by atoms with E-state index in [0.717, 1.165) is 18.6 Å². The Kier molecular flexibility index (Phi) is 5.00. The van der Waals surface area contributed by atoms with E-state index in [0.29, 0.717) is 23.8 Å². The van der Waals surface area contributed by atoms with Crippen LogP contribution in [0.1, 0.15) is 38.6 Å². The van der Waals surface area contributed by atoms with Crippen LogP contribution >= 0.6 is 0 Å². The summed E-state index contributed by atoms with van der Waals surface area (Å²) in [6.07, 6.45) is 0.937. The molecule has 1 heterocycles. The first-order valence-corrected chi connectivity index (χ1v) is 7.99. The molecule has 0 spiro atoms. The number of anilines is 1. The summed E-state index contributed by atoms with van der Waals surface area (Å²) in [7, 11) is 1.46. The molecule has 3 rings (SSSR count). The van der Waals surface area contributed by atoms with Gasteiger partial charge in [-0.15, -0.1) is 0 Å². The minimum Gasteiger partial charge on any atom is -0.497 e. The van der Waals surface area contributed by atoms with E-state index in [1.807, 2.05) is 18.2 Å². The third kappa shape index (κ3) is 3.80. The maximum atomic E-state index is 12.5. The van der Waals surface area contributed by atoms with E-state index >= 15 is 0 Å². The van der Waals surface area contributed by atoms with Crippen molar-refractivity contribution in [3.63, 3.8) is 0 Å². The number of nitrogens with one attached hydrogen (secondary N) is 1. The highest BCUT2D eigenvalue weighted by molar-refractivity contribution is 6.08. The number of carbonyl (C=O) groups is 2. The van der Waals surface area contributed by atoms with Gasteiger partial charge in [-0.1, -0.05) is 12.1 Å². The number of ether oxygens (including phenoxy) is 2. The summed E-state index contributed by atoms with van der Waals surface area (Å²) >= 11 is 0. The zero-order valence-electron chi connectivity index (χ0n) is 13.8. The quantitative estimate of drug-likeness (QED) is 0.873. The molecule has 130 valence electrons. The fourth-order valence-electron chi connectivity index (χ4n) is 2.86. The average Bonchev–Trinajstić information content (AvgIpc) is 3.16. The Hall–Kier alpha value is -2.86. The minimum atomic E-state index is -1.13. The van der Waals surface area contributed by atoms with E-state index in [2.05, 4.69) is 5.32 Å². The van der Waals surface area contributed by atoms with Crippen molar-refractivity contribution in [1.29, 1.82) is 0 Å². The number of aromatic carboxylic acids is 1. The number of carbonyl (C=O) groups excluding carboxylic acids is 1. The highest BCUT2D eigenvalue weighted by Gasteiger charge is 2.19. The second kappa shape index (κ2) is 7.36. The maximum Gasteiger partial charge on any atom is 0.337 e. The Morgan fingerprint density at radius 1 is 1.24 bits per heavy atom. The van der Waals surface area contributed by atoms with Gasteiger partial charge in [0, 0.05) is 18.1 Å². The zero-order valence-corrected chi connectivity index (χ0v) is 13.8. The predicted octanol–water partition coefficient (Wildman–Crippen LogP) is 3.15. The van der Waals surface area contributed by atoms with Crippen LogP contribution in [0.4, 0.5) is 5.69 Å². The van der Waals surface area contributed by atoms with Gasteiger partial charge >= 0.3 is 5.97 Å². The van der Waals surface area contributed by atoms with Gasteiger partial charge in [-0.3, -0.25) is 4.79 Å². The van der Waals surface area contributed by atoms with Crippen molar-refractivity contribution in [3.8, 4) is 5.75 Å². The molecule has 2 aromatic carbocycles. The first-order valence-electron chi connectivity index (χ1n) is 7.99. The largest absolute Gasteiger partial charge is 0.497 e. The summed E-state index contributed by atoms with van der Waals surface area (Å²) in [5.74, 6) is -0.776. The van der Waals surface area contributed by atoms with Crippen molar-refractivity contribution < 1.29 is 24.2 Å². The van der Waals surface area contributed by atoms with Crippen LogP contribution in [0.5, 0.6) is 5.75 Å². The van der Waals surface area contributed by atoms with E-state index in [9.17, 15) is 14.7 Å². The molecule has 1 aliphatic rings. The maximum absolute atomic E-state index is 12.5. The number of rotatable bonds is 5. The highest BCUT2D eigenvalue weighted by Crippen LogP contribution is 2.27. The molecule has 0 aromatic heterocycles. The molecule has 1 fully saturated rings. The average molecular weight is 341 g/mol. The predicted molar refractivity (Wildman–Crippen MR) is 92.5 cm³/mol. The van der Waals surface area contributed by atoms with Gasteiger partial charge in [0.05, 0.1) is 25.0 Å². The van der Waals surface area contributed by atoms with Crippen LogP contribution in [0.3, 0.4) is 0 Å². The van der Waals surface area contributed by atoms with Gasteiger partial charge in [-0.2, -0.15) is 0 Å². The molecule has 6 heteroatoms. The van der Waals surface area contributed by atoms with E-state index in [-0.39, 0.29) is 17.2 Å². The third-order valence-corrected chi connectivity index (χ3v) is 4.26. The molecule has 6 nitrogen and oxygen atoms in total. The lowest BCUT2D eigenvalue weighted by molar-refractivity contribution is 0.0697. The summed E-state index contributed by atoms with van der Waals surface area (Å²) in [6.45, 7) is 1.39. The monoisotopic (exact) mass is 341 g/mol. The van der Waals surface area contributed by atoms with Crippen LogP contribution in [0.2, 0.25) is 0 Å². The summed E-state index contributed by atoms with van der Waals surface area (Å²) in [5.41, 5.74) is 1.75. The standard InChI is InChI=1S/C19H19NO5/c1-24-15-5-6-17(16(10-15)19(22)23)20-18(21)13-4-2-3-12(9-13)14-7-8-25-11-14/h2-6,9-10,14H,7-8,11H2,1H3,(H,20,21)(H,22,23). The molecule has 0 saturated carbocycles. The Labute approximate surface area is 145 Å². The number of carboxylic acids is 1. The molecule has 25 heavy (non-hydrogen) atoms. The molecular weight excluding hydrogens is 322 g/mol. The van der Waals surface area contributed by atoms with Crippen LogP contribution in [0.15, 0.2) is 42.5 Å². The van der Waals surface area contributed by atoms with E-state index < -0.39 is 5.97 Å². The molecule has 2 N–H and O–H groups in total. The SMILES string of the molecule is COc1ccc(NC(=O)c2cccc(C3CCOC3)c2)c(C(=O)O)c1. The Balaban J connectivity index is 1.83. The number of hydrogen-bond acceptors (Lipinski definition) is 4. The highest BCUT2D eigenvalue weighted by atomic mass is 16.5. The molecule has 1 amide bonds. The number of carboxylic acid groups (broad SMARTS) is 1. The molecule has 0 radical (unpaired) electrons. The number of amides is 1. The molecule has 1 atom stereocenters. The summed E-state index contributed by atoms with van der Waals surface area (Å²) in [5, 5.41) is 12.0. The van der Waals surface area contributed by atoms with Gasteiger partial charge in [0.15, 0.2) is 0 Å². The lowest BCUT2D eigenvalue weighted by Crippen LogP contribution is -2.15. The number of benzene rings is 2. The molecule has 0 bridgehead atoms. The summed E-state index contributed by atoms with van der Waals surface area (Å²) < 4.78 is 10.4. The van der Waals surface area contributed by atoms with E-state index in [4.69, 9.17) is 9.47 Å². The van der Waals surface area contributed by atoms with Crippen LogP contribution in [-0.2, 0) is 4.74 Å². The van der Waals surface area contributed by atoms with Crippen LogP contribution in [0, 0.1) is 0 Å².